The molecule has 0 bridgehead atoms. The number of benzene rings is 3. The van der Waals surface area contributed by atoms with Crippen LogP contribution in [0.3, 0.4) is 0 Å². The first-order valence-corrected chi connectivity index (χ1v) is 8.35. The summed E-state index contributed by atoms with van der Waals surface area (Å²) in [6.07, 6.45) is 0. The lowest BCUT2D eigenvalue weighted by atomic mass is 10.1. The minimum Gasteiger partial charge on any atom is -0.484 e. The van der Waals surface area contributed by atoms with Crippen LogP contribution in [-0.2, 0) is 4.79 Å². The molecule has 0 aromatic heterocycles. The van der Waals surface area contributed by atoms with Gasteiger partial charge in [0.1, 0.15) is 5.75 Å². The number of carbonyl (C=O) groups is 1. The van der Waals surface area contributed by atoms with E-state index in [1.54, 1.807) is 0 Å². The number of hydrogen-bond donors (Lipinski definition) is 1. The highest BCUT2D eigenvalue weighted by Crippen LogP contribution is 2.22. The highest BCUT2D eigenvalue weighted by atomic mass is 16.5. The maximum absolute atomic E-state index is 12.1. The van der Waals surface area contributed by atoms with Crippen LogP contribution in [0.25, 0.3) is 11.1 Å². The molecule has 1 N–H and O–H groups in total. The van der Waals surface area contributed by atoms with Crippen LogP contribution >= 0.6 is 0 Å². The number of hydrogen-bond acceptors (Lipinski definition) is 2. The molecule has 1 atom stereocenters. The van der Waals surface area contributed by atoms with Crippen LogP contribution < -0.4 is 10.1 Å². The summed E-state index contributed by atoms with van der Waals surface area (Å²) in [6, 6.07) is 27.7. The third-order valence-corrected chi connectivity index (χ3v) is 4.01. The van der Waals surface area contributed by atoms with Gasteiger partial charge in [-0.1, -0.05) is 72.8 Å². The molecule has 0 heterocycles. The van der Waals surface area contributed by atoms with Gasteiger partial charge in [-0.05, 0) is 35.7 Å². The van der Waals surface area contributed by atoms with Gasteiger partial charge in [0.05, 0.1) is 6.04 Å². The molecular formula is C22H21NO2. The molecule has 0 saturated carbocycles. The Bertz CT molecular complexity index is 798. The summed E-state index contributed by atoms with van der Waals surface area (Å²) in [4.78, 5) is 12.1. The monoisotopic (exact) mass is 331 g/mol. The Morgan fingerprint density at radius 3 is 2.04 bits per heavy atom. The molecule has 3 nitrogen and oxygen atoms in total. The van der Waals surface area contributed by atoms with Gasteiger partial charge in [-0.15, -0.1) is 0 Å². The second-order valence-electron chi connectivity index (χ2n) is 5.88. The largest absolute Gasteiger partial charge is 0.484 e. The fourth-order valence-electron chi connectivity index (χ4n) is 2.63. The van der Waals surface area contributed by atoms with Gasteiger partial charge < -0.3 is 10.1 Å². The van der Waals surface area contributed by atoms with Crippen molar-refractivity contribution in [3.05, 3.63) is 90.5 Å². The number of amides is 1. The average Bonchev–Trinajstić information content (AvgIpc) is 2.68. The first kappa shape index (κ1) is 16.8. The van der Waals surface area contributed by atoms with Gasteiger partial charge in [0, 0.05) is 0 Å². The van der Waals surface area contributed by atoms with E-state index >= 15 is 0 Å². The van der Waals surface area contributed by atoms with Gasteiger partial charge in [0.15, 0.2) is 6.61 Å². The Balaban J connectivity index is 1.52. The SMILES string of the molecule is C[C@H](NC(=O)COc1ccc(-c2ccccc2)cc1)c1ccccc1. The molecule has 0 fully saturated rings. The molecule has 3 aromatic carbocycles. The molecular weight excluding hydrogens is 310 g/mol. The lowest BCUT2D eigenvalue weighted by molar-refractivity contribution is -0.123. The zero-order valence-corrected chi connectivity index (χ0v) is 14.2. The Labute approximate surface area is 148 Å². The minimum absolute atomic E-state index is 0.00184. The Morgan fingerprint density at radius 2 is 1.40 bits per heavy atom. The third-order valence-electron chi connectivity index (χ3n) is 4.01. The van der Waals surface area contributed by atoms with Crippen molar-refractivity contribution in [1.82, 2.24) is 5.32 Å². The summed E-state index contributed by atoms with van der Waals surface area (Å²) >= 11 is 0. The van der Waals surface area contributed by atoms with Crippen LogP contribution in [0.5, 0.6) is 5.75 Å². The zero-order chi connectivity index (χ0) is 17.5. The van der Waals surface area contributed by atoms with Crippen molar-refractivity contribution in [2.45, 2.75) is 13.0 Å². The molecule has 0 saturated heterocycles. The molecule has 0 radical (unpaired) electrons. The van der Waals surface area contributed by atoms with Crippen LogP contribution in [-0.4, -0.2) is 12.5 Å². The van der Waals surface area contributed by atoms with Gasteiger partial charge in [0.2, 0.25) is 0 Å². The van der Waals surface area contributed by atoms with Crippen molar-refractivity contribution >= 4 is 5.91 Å². The standard InChI is InChI=1S/C22H21NO2/c1-17(18-8-4-2-5-9-18)23-22(24)16-25-21-14-12-20(13-15-21)19-10-6-3-7-11-19/h2-15,17H,16H2,1H3,(H,23,24)/t17-/m0/s1. The van der Waals surface area contributed by atoms with Gasteiger partial charge in [-0.25, -0.2) is 0 Å². The van der Waals surface area contributed by atoms with E-state index in [9.17, 15) is 4.79 Å². The maximum atomic E-state index is 12.1. The van der Waals surface area contributed by atoms with Gasteiger partial charge in [-0.2, -0.15) is 0 Å². The topological polar surface area (TPSA) is 38.3 Å². The molecule has 25 heavy (non-hydrogen) atoms. The van der Waals surface area contributed by atoms with E-state index in [0.29, 0.717) is 5.75 Å². The minimum atomic E-state index is -0.136. The Hall–Kier alpha value is -3.07. The van der Waals surface area contributed by atoms with E-state index < -0.39 is 0 Å². The number of ether oxygens (including phenoxy) is 1. The van der Waals surface area contributed by atoms with Crippen molar-refractivity contribution in [3.8, 4) is 16.9 Å². The van der Waals surface area contributed by atoms with Crippen molar-refractivity contribution in [3.63, 3.8) is 0 Å². The molecule has 1 amide bonds. The fourth-order valence-corrected chi connectivity index (χ4v) is 2.63. The fraction of sp³-hybridized carbons (Fsp3) is 0.136. The first-order chi connectivity index (χ1) is 12.2. The molecule has 0 aliphatic carbocycles. The smallest absolute Gasteiger partial charge is 0.258 e. The van der Waals surface area contributed by atoms with E-state index in [1.165, 1.54) is 0 Å². The van der Waals surface area contributed by atoms with Crippen molar-refractivity contribution < 1.29 is 9.53 Å². The average molecular weight is 331 g/mol. The maximum Gasteiger partial charge on any atom is 0.258 e. The van der Waals surface area contributed by atoms with Crippen LogP contribution in [0.1, 0.15) is 18.5 Å². The van der Waals surface area contributed by atoms with Crippen LogP contribution in [0.2, 0.25) is 0 Å². The third kappa shape index (κ3) is 4.70. The number of rotatable bonds is 6. The van der Waals surface area contributed by atoms with Crippen molar-refractivity contribution in [1.29, 1.82) is 0 Å². The Kier molecular flexibility index (Phi) is 5.47. The van der Waals surface area contributed by atoms with Crippen LogP contribution in [0.4, 0.5) is 0 Å². The van der Waals surface area contributed by atoms with Crippen LogP contribution in [0, 0.1) is 0 Å². The van der Waals surface area contributed by atoms with Gasteiger partial charge in [-0.3, -0.25) is 4.79 Å². The quantitative estimate of drug-likeness (QED) is 0.716. The highest BCUT2D eigenvalue weighted by molar-refractivity contribution is 5.78. The highest BCUT2D eigenvalue weighted by Gasteiger charge is 2.09. The molecule has 3 heteroatoms. The summed E-state index contributed by atoms with van der Waals surface area (Å²) in [5.74, 6) is 0.547. The molecule has 0 aliphatic rings. The van der Waals surface area contributed by atoms with Crippen LogP contribution in [0.15, 0.2) is 84.9 Å². The number of nitrogens with one attached hydrogen (secondary N) is 1. The lowest BCUT2D eigenvalue weighted by Gasteiger charge is -2.14. The van der Waals surface area contributed by atoms with Gasteiger partial charge >= 0.3 is 0 Å². The Morgan fingerprint density at radius 1 is 0.840 bits per heavy atom. The van der Waals surface area contributed by atoms with E-state index in [0.717, 1.165) is 16.7 Å². The second-order valence-corrected chi connectivity index (χ2v) is 5.88. The molecule has 3 aromatic rings. The number of carbonyl (C=O) groups excluding carboxylic acids is 1. The summed E-state index contributed by atoms with van der Waals surface area (Å²) in [6.45, 7) is 1.96. The summed E-state index contributed by atoms with van der Waals surface area (Å²) in [5, 5.41) is 2.94. The molecule has 0 spiro atoms. The predicted octanol–water partition coefficient (Wildman–Crippen LogP) is 4.61. The van der Waals surface area contributed by atoms with E-state index in [4.69, 9.17) is 4.74 Å². The van der Waals surface area contributed by atoms with Gasteiger partial charge in [0.25, 0.3) is 5.91 Å². The molecule has 0 unspecified atom stereocenters. The predicted molar refractivity (Wildman–Crippen MR) is 100 cm³/mol. The molecule has 126 valence electrons. The first-order valence-electron chi connectivity index (χ1n) is 8.35. The second kappa shape index (κ2) is 8.15. The van der Waals surface area contributed by atoms with E-state index in [2.05, 4.69) is 17.4 Å². The van der Waals surface area contributed by atoms with Crippen molar-refractivity contribution in [2.75, 3.05) is 6.61 Å². The van der Waals surface area contributed by atoms with Crippen molar-refractivity contribution in [2.24, 2.45) is 0 Å². The summed E-state index contributed by atoms with van der Waals surface area (Å²) < 4.78 is 5.58. The lowest BCUT2D eigenvalue weighted by Crippen LogP contribution is -2.31. The van der Waals surface area contributed by atoms with E-state index in [-0.39, 0.29) is 18.6 Å². The van der Waals surface area contributed by atoms with E-state index in [1.807, 2.05) is 79.7 Å². The summed E-state index contributed by atoms with van der Waals surface area (Å²) in [7, 11) is 0. The molecule has 3 rings (SSSR count). The zero-order valence-electron chi connectivity index (χ0n) is 14.2. The molecule has 0 aliphatic heterocycles. The normalized spacial score (nSPS) is 11.6. The summed E-state index contributed by atoms with van der Waals surface area (Å²) in [5.41, 5.74) is 3.35.